The quantitative estimate of drug-likeness (QED) is 0.738. The van der Waals surface area contributed by atoms with Crippen molar-refractivity contribution < 1.29 is 9.53 Å². The van der Waals surface area contributed by atoms with Crippen LogP contribution in [0.4, 0.5) is 11.5 Å². The number of esters is 1. The third-order valence-electron chi connectivity index (χ3n) is 2.05. The third-order valence-corrected chi connectivity index (χ3v) is 2.05. The minimum Gasteiger partial charge on any atom is -0.468 e. The van der Waals surface area contributed by atoms with Crippen molar-refractivity contribution in [2.24, 2.45) is 0 Å². The molecule has 5 heteroatoms. The second-order valence-electron chi connectivity index (χ2n) is 3.01. The zero-order chi connectivity index (χ0) is 11.3. The lowest BCUT2D eigenvalue weighted by molar-refractivity contribution is -0.138. The number of likely N-dealkylation sites (N-methyl/N-ethyl adjacent to an activating group) is 1. The molecule has 0 radical (unpaired) electrons. The number of rotatable bonds is 4. The molecule has 0 aliphatic carbocycles. The number of hydrogen-bond donors (Lipinski definition) is 1. The van der Waals surface area contributed by atoms with E-state index in [1.807, 2.05) is 6.92 Å². The van der Waals surface area contributed by atoms with Gasteiger partial charge in [-0.25, -0.2) is 4.98 Å². The van der Waals surface area contributed by atoms with Crippen LogP contribution in [0.15, 0.2) is 18.3 Å². The van der Waals surface area contributed by atoms with Crippen LogP contribution >= 0.6 is 0 Å². The van der Waals surface area contributed by atoms with Gasteiger partial charge in [-0.15, -0.1) is 0 Å². The number of carbonyl (C=O) groups excluding carboxylic acids is 1. The molecule has 5 nitrogen and oxygen atoms in total. The number of pyridine rings is 1. The molecule has 2 N–H and O–H groups in total. The number of ether oxygens (including phenoxy) is 1. The minimum atomic E-state index is -0.304. The first-order valence-electron chi connectivity index (χ1n) is 4.71. The van der Waals surface area contributed by atoms with E-state index in [1.54, 1.807) is 23.2 Å². The second-order valence-corrected chi connectivity index (χ2v) is 3.01. The van der Waals surface area contributed by atoms with Crippen molar-refractivity contribution in [1.82, 2.24) is 4.98 Å². The number of nitrogens with two attached hydrogens (primary N) is 1. The molecule has 0 aliphatic heterocycles. The van der Waals surface area contributed by atoms with E-state index in [4.69, 9.17) is 5.73 Å². The molecule has 0 fully saturated rings. The Morgan fingerprint density at radius 2 is 2.40 bits per heavy atom. The molecule has 0 bridgehead atoms. The molecule has 0 aliphatic rings. The molecule has 0 saturated heterocycles. The fraction of sp³-hybridized carbons (Fsp3) is 0.400. The number of anilines is 2. The van der Waals surface area contributed by atoms with Crippen molar-refractivity contribution in [2.45, 2.75) is 6.92 Å². The lowest BCUT2D eigenvalue weighted by Gasteiger charge is -2.21. The molecule has 0 amide bonds. The monoisotopic (exact) mass is 209 g/mol. The lowest BCUT2D eigenvalue weighted by atomic mass is 10.3. The number of aromatic nitrogens is 1. The van der Waals surface area contributed by atoms with Crippen LogP contribution in [-0.2, 0) is 9.53 Å². The average Bonchev–Trinajstić information content (AvgIpc) is 2.26. The SMILES string of the molecule is CCN(CC(=O)OC)c1ncccc1N. The Kier molecular flexibility index (Phi) is 3.91. The summed E-state index contributed by atoms with van der Waals surface area (Å²) >= 11 is 0. The van der Waals surface area contributed by atoms with Crippen LogP contribution in [-0.4, -0.2) is 31.2 Å². The van der Waals surface area contributed by atoms with Crippen LogP contribution in [0.3, 0.4) is 0 Å². The number of carbonyl (C=O) groups is 1. The highest BCUT2D eigenvalue weighted by Gasteiger charge is 2.13. The standard InChI is InChI=1S/C10H15N3O2/c1-3-13(7-9(14)15-2)10-8(11)5-4-6-12-10/h4-6H,3,7,11H2,1-2H3. The second kappa shape index (κ2) is 5.19. The maximum atomic E-state index is 11.1. The van der Waals surface area contributed by atoms with Gasteiger partial charge >= 0.3 is 5.97 Å². The Bertz CT molecular complexity index is 341. The largest absolute Gasteiger partial charge is 0.468 e. The van der Waals surface area contributed by atoms with Crippen molar-refractivity contribution in [3.8, 4) is 0 Å². The fourth-order valence-corrected chi connectivity index (χ4v) is 1.23. The summed E-state index contributed by atoms with van der Waals surface area (Å²) in [5.41, 5.74) is 6.32. The van der Waals surface area contributed by atoms with Gasteiger partial charge in [-0.3, -0.25) is 4.79 Å². The molecule has 1 heterocycles. The molecule has 1 aromatic heterocycles. The molecular weight excluding hydrogens is 194 g/mol. The minimum absolute atomic E-state index is 0.161. The van der Waals surface area contributed by atoms with Gasteiger partial charge in [0.05, 0.1) is 12.8 Å². The van der Waals surface area contributed by atoms with Gasteiger partial charge in [0.2, 0.25) is 0 Å². The highest BCUT2D eigenvalue weighted by Crippen LogP contribution is 2.18. The van der Waals surface area contributed by atoms with Crippen molar-refractivity contribution in [3.63, 3.8) is 0 Å². The number of hydrogen-bond acceptors (Lipinski definition) is 5. The first-order chi connectivity index (χ1) is 7.19. The predicted octanol–water partition coefficient (Wildman–Crippen LogP) is 0.663. The topological polar surface area (TPSA) is 68.5 Å². The van der Waals surface area contributed by atoms with E-state index in [2.05, 4.69) is 9.72 Å². The maximum absolute atomic E-state index is 11.1. The highest BCUT2D eigenvalue weighted by atomic mass is 16.5. The van der Waals surface area contributed by atoms with Crippen molar-refractivity contribution in [2.75, 3.05) is 30.8 Å². The zero-order valence-corrected chi connectivity index (χ0v) is 8.93. The summed E-state index contributed by atoms with van der Waals surface area (Å²) in [5.74, 6) is 0.312. The summed E-state index contributed by atoms with van der Waals surface area (Å²) in [4.78, 5) is 17.0. The Morgan fingerprint density at radius 1 is 1.67 bits per heavy atom. The molecule has 0 saturated carbocycles. The van der Waals surface area contributed by atoms with Crippen molar-refractivity contribution >= 4 is 17.5 Å². The van der Waals surface area contributed by atoms with E-state index in [0.717, 1.165) is 0 Å². The van der Waals surface area contributed by atoms with E-state index >= 15 is 0 Å². The summed E-state index contributed by atoms with van der Waals surface area (Å²) in [5, 5.41) is 0. The molecule has 0 aromatic carbocycles. The van der Waals surface area contributed by atoms with E-state index in [9.17, 15) is 4.79 Å². The van der Waals surface area contributed by atoms with Gasteiger partial charge in [-0.05, 0) is 19.1 Å². The van der Waals surface area contributed by atoms with Crippen LogP contribution in [0.25, 0.3) is 0 Å². The summed E-state index contributed by atoms with van der Waals surface area (Å²) in [6.07, 6.45) is 1.64. The normalized spacial score (nSPS) is 9.73. The smallest absolute Gasteiger partial charge is 0.325 e. The Hall–Kier alpha value is -1.78. The molecule has 0 atom stereocenters. The van der Waals surface area contributed by atoms with E-state index in [1.165, 1.54) is 7.11 Å². The van der Waals surface area contributed by atoms with E-state index < -0.39 is 0 Å². The van der Waals surface area contributed by atoms with Gasteiger partial charge in [0.15, 0.2) is 5.82 Å². The Balaban J connectivity index is 2.83. The Labute approximate surface area is 88.9 Å². The van der Waals surface area contributed by atoms with Gasteiger partial charge in [0.25, 0.3) is 0 Å². The molecule has 0 spiro atoms. The first kappa shape index (κ1) is 11.3. The number of nitrogen functional groups attached to an aromatic ring is 1. The molecule has 15 heavy (non-hydrogen) atoms. The van der Waals surface area contributed by atoms with Crippen LogP contribution < -0.4 is 10.6 Å². The molecule has 1 aromatic rings. The third kappa shape index (κ3) is 2.83. The molecular formula is C10H15N3O2. The van der Waals surface area contributed by atoms with Gasteiger partial charge in [0, 0.05) is 12.7 Å². The van der Waals surface area contributed by atoms with Crippen LogP contribution in [0.1, 0.15) is 6.92 Å². The summed E-state index contributed by atoms with van der Waals surface area (Å²) in [6, 6.07) is 3.51. The van der Waals surface area contributed by atoms with Crippen LogP contribution in [0, 0.1) is 0 Å². The number of nitrogens with zero attached hydrogens (tertiary/aromatic N) is 2. The molecule has 1 rings (SSSR count). The number of methoxy groups -OCH3 is 1. The first-order valence-corrected chi connectivity index (χ1v) is 4.71. The maximum Gasteiger partial charge on any atom is 0.325 e. The molecule has 82 valence electrons. The fourth-order valence-electron chi connectivity index (χ4n) is 1.23. The van der Waals surface area contributed by atoms with E-state index in [-0.39, 0.29) is 12.5 Å². The van der Waals surface area contributed by atoms with Crippen molar-refractivity contribution in [1.29, 1.82) is 0 Å². The van der Waals surface area contributed by atoms with Gasteiger partial charge < -0.3 is 15.4 Å². The van der Waals surface area contributed by atoms with E-state index in [0.29, 0.717) is 18.1 Å². The lowest BCUT2D eigenvalue weighted by Crippen LogP contribution is -2.31. The summed E-state index contributed by atoms with van der Waals surface area (Å²) < 4.78 is 4.59. The van der Waals surface area contributed by atoms with Crippen LogP contribution in [0.5, 0.6) is 0 Å². The van der Waals surface area contributed by atoms with Crippen molar-refractivity contribution in [3.05, 3.63) is 18.3 Å². The van der Waals surface area contributed by atoms with Crippen LogP contribution in [0.2, 0.25) is 0 Å². The van der Waals surface area contributed by atoms with Gasteiger partial charge in [-0.2, -0.15) is 0 Å². The zero-order valence-electron chi connectivity index (χ0n) is 8.93. The van der Waals surface area contributed by atoms with Gasteiger partial charge in [0.1, 0.15) is 6.54 Å². The average molecular weight is 209 g/mol. The summed E-state index contributed by atoms with van der Waals surface area (Å²) in [7, 11) is 1.36. The highest BCUT2D eigenvalue weighted by molar-refractivity contribution is 5.77. The summed E-state index contributed by atoms with van der Waals surface area (Å²) in [6.45, 7) is 2.74. The Morgan fingerprint density at radius 3 is 2.93 bits per heavy atom. The van der Waals surface area contributed by atoms with Gasteiger partial charge in [-0.1, -0.05) is 0 Å². The predicted molar refractivity (Wildman–Crippen MR) is 58.6 cm³/mol. The molecule has 0 unspecified atom stereocenters.